The molecule has 0 heterocycles. The van der Waals surface area contributed by atoms with E-state index in [0.717, 1.165) is 121 Å². The van der Waals surface area contributed by atoms with Crippen molar-refractivity contribution in [3.05, 3.63) is 24.3 Å². The molecule has 17 nitrogen and oxygen atoms in total. The number of phosphoric ester groups is 2. The van der Waals surface area contributed by atoms with Crippen molar-refractivity contribution in [2.45, 2.75) is 349 Å². The van der Waals surface area contributed by atoms with E-state index in [2.05, 4.69) is 72.8 Å². The fourth-order valence-electron chi connectivity index (χ4n) is 10.1. The molecule has 0 aliphatic heterocycles. The number of esters is 4. The van der Waals surface area contributed by atoms with Crippen LogP contribution >= 0.6 is 15.6 Å². The van der Waals surface area contributed by atoms with Crippen molar-refractivity contribution in [3.8, 4) is 0 Å². The van der Waals surface area contributed by atoms with Gasteiger partial charge >= 0.3 is 39.5 Å². The van der Waals surface area contributed by atoms with Gasteiger partial charge in [0, 0.05) is 25.7 Å². The average molecular weight is 1320 g/mol. The van der Waals surface area contributed by atoms with E-state index in [0.29, 0.717) is 31.6 Å². The Hall–Kier alpha value is -2.46. The second kappa shape index (κ2) is 61.4. The van der Waals surface area contributed by atoms with Crippen LogP contribution in [0, 0.1) is 17.8 Å². The molecule has 530 valence electrons. The van der Waals surface area contributed by atoms with Crippen LogP contribution in [-0.4, -0.2) is 96.7 Å². The minimum atomic E-state index is -4.96. The summed E-state index contributed by atoms with van der Waals surface area (Å²) in [6.45, 7) is 11.7. The molecule has 0 radical (unpaired) electrons. The number of phosphoric acid groups is 2. The first kappa shape index (κ1) is 87.5. The van der Waals surface area contributed by atoms with Gasteiger partial charge in [-0.15, -0.1) is 0 Å². The molecule has 0 amide bonds. The van der Waals surface area contributed by atoms with E-state index in [1.165, 1.54) is 122 Å². The van der Waals surface area contributed by atoms with E-state index in [9.17, 15) is 43.2 Å². The number of carbonyl (C=O) groups is 4. The molecule has 0 aliphatic carbocycles. The largest absolute Gasteiger partial charge is 0.472 e. The van der Waals surface area contributed by atoms with Gasteiger partial charge in [0.25, 0.3) is 0 Å². The van der Waals surface area contributed by atoms with E-state index < -0.39 is 97.5 Å². The lowest BCUT2D eigenvalue weighted by Crippen LogP contribution is -2.30. The molecule has 3 N–H and O–H groups in total. The van der Waals surface area contributed by atoms with Gasteiger partial charge in [-0.1, -0.05) is 278 Å². The summed E-state index contributed by atoms with van der Waals surface area (Å²) in [6, 6.07) is 0. The maximum absolute atomic E-state index is 13.0. The third kappa shape index (κ3) is 63.0. The number of rotatable bonds is 67. The van der Waals surface area contributed by atoms with Crippen molar-refractivity contribution < 1.29 is 80.2 Å². The average Bonchev–Trinajstić information content (AvgIpc) is 3.69. The summed E-state index contributed by atoms with van der Waals surface area (Å²) in [6.07, 6.45) is 48.2. The van der Waals surface area contributed by atoms with Crippen LogP contribution in [-0.2, 0) is 65.4 Å². The molecule has 3 unspecified atom stereocenters. The van der Waals surface area contributed by atoms with Crippen molar-refractivity contribution >= 4 is 39.5 Å². The molecule has 0 aromatic carbocycles. The van der Waals surface area contributed by atoms with Gasteiger partial charge in [-0.05, 0) is 69.1 Å². The van der Waals surface area contributed by atoms with Crippen LogP contribution in [0.15, 0.2) is 24.3 Å². The number of hydrogen-bond acceptors (Lipinski definition) is 15. The molecule has 19 heteroatoms. The van der Waals surface area contributed by atoms with Crippen LogP contribution in [0.3, 0.4) is 0 Å². The smallest absolute Gasteiger partial charge is 0.462 e. The maximum atomic E-state index is 13.0. The molecule has 0 saturated carbocycles. The van der Waals surface area contributed by atoms with Crippen LogP contribution < -0.4 is 0 Å². The highest BCUT2D eigenvalue weighted by Gasteiger charge is 2.30. The fourth-order valence-corrected chi connectivity index (χ4v) is 11.7. The Kier molecular flexibility index (Phi) is 59.7. The van der Waals surface area contributed by atoms with E-state index in [-0.39, 0.29) is 25.7 Å². The number of ether oxygens (including phenoxy) is 4. The second-order valence-electron chi connectivity index (χ2n) is 26.1. The zero-order valence-electron chi connectivity index (χ0n) is 58.1. The van der Waals surface area contributed by atoms with Gasteiger partial charge in [-0.3, -0.25) is 37.3 Å². The van der Waals surface area contributed by atoms with Crippen molar-refractivity contribution in [2.75, 3.05) is 39.6 Å². The van der Waals surface area contributed by atoms with Gasteiger partial charge in [-0.2, -0.15) is 0 Å². The normalized spacial score (nSPS) is 14.7. The van der Waals surface area contributed by atoms with Crippen LogP contribution in [0.25, 0.3) is 0 Å². The third-order valence-corrected chi connectivity index (χ3v) is 18.0. The monoisotopic (exact) mass is 1320 g/mol. The Balaban J connectivity index is 5.24. The second-order valence-corrected chi connectivity index (χ2v) is 29.0. The summed E-state index contributed by atoms with van der Waals surface area (Å²) >= 11 is 0. The van der Waals surface area contributed by atoms with E-state index >= 15 is 0 Å². The number of unbranched alkanes of at least 4 members (excludes halogenated alkanes) is 31. The van der Waals surface area contributed by atoms with Gasteiger partial charge in [0.15, 0.2) is 12.2 Å². The Morgan fingerprint density at radius 1 is 0.367 bits per heavy atom. The molecule has 90 heavy (non-hydrogen) atoms. The zero-order valence-corrected chi connectivity index (χ0v) is 59.9. The Morgan fingerprint density at radius 2 is 0.656 bits per heavy atom. The number of allylic oxidation sites excluding steroid dienone is 4. The summed E-state index contributed by atoms with van der Waals surface area (Å²) in [7, 11) is -9.91. The number of aliphatic hydroxyl groups is 1. The van der Waals surface area contributed by atoms with Crippen molar-refractivity contribution in [1.82, 2.24) is 0 Å². The zero-order chi connectivity index (χ0) is 66.6. The molecule has 0 rings (SSSR count). The predicted octanol–water partition coefficient (Wildman–Crippen LogP) is 19.8. The molecular weight excluding hydrogens is 1190 g/mol. The predicted molar refractivity (Wildman–Crippen MR) is 363 cm³/mol. The van der Waals surface area contributed by atoms with Crippen molar-refractivity contribution in [3.63, 3.8) is 0 Å². The first-order chi connectivity index (χ1) is 43.3. The highest BCUT2D eigenvalue weighted by molar-refractivity contribution is 7.47. The lowest BCUT2D eigenvalue weighted by atomic mass is 10.00. The van der Waals surface area contributed by atoms with Gasteiger partial charge < -0.3 is 33.8 Å². The number of carbonyl (C=O) groups excluding carboxylic acids is 4. The Labute approximate surface area is 548 Å². The van der Waals surface area contributed by atoms with Gasteiger partial charge in [-0.25, -0.2) is 9.13 Å². The van der Waals surface area contributed by atoms with Gasteiger partial charge in [0.05, 0.1) is 26.4 Å². The van der Waals surface area contributed by atoms with Crippen molar-refractivity contribution in [2.24, 2.45) is 17.8 Å². The molecule has 0 aromatic rings. The highest BCUT2D eigenvalue weighted by atomic mass is 31.2. The van der Waals surface area contributed by atoms with Crippen LogP contribution in [0.1, 0.15) is 331 Å². The molecule has 0 fully saturated rings. The molecule has 0 spiro atoms. The molecule has 0 aromatic heterocycles. The SMILES string of the molecule is CCCCCC/C=C\C=C/CCCCCCCC(=O)O[C@H](COC(=O)CCCCCCCCC(C)C)COP(=O)(O)OC[C@H](O)COP(=O)(O)OC[C@@H](COC(=O)CCCCCCCCCCCCCCCC(C)C)OC(=O)CCCCCCCCC(C)CC. The summed E-state index contributed by atoms with van der Waals surface area (Å²) in [5, 5.41) is 10.6. The Morgan fingerprint density at radius 3 is 0.989 bits per heavy atom. The molecule has 0 bridgehead atoms. The van der Waals surface area contributed by atoms with Crippen LogP contribution in [0.5, 0.6) is 0 Å². The standard InChI is InChI=1S/C71H134O17P2/c1-8-10-11-12-13-14-15-16-17-20-24-27-30-40-47-54-70(75)87-66(59-82-69(74)53-46-39-33-31-36-43-50-63(5)6)60-85-89(77,78)83-56-65(72)57-84-90(79,80)86-61-67(88-71(76)55-48-41-34-32-37-44-51-64(7)9-2)58-81-68(73)52-45-38-29-26-23-21-18-19-22-25-28-35-42-49-62(3)4/h14-17,62-67,72H,8-13,18-61H2,1-7H3,(H,77,78)(H,79,80)/b15-14-,17-16-/t64?,65-,66+,67+/m0/s1. The maximum Gasteiger partial charge on any atom is 0.472 e. The highest BCUT2D eigenvalue weighted by Crippen LogP contribution is 2.45. The Bertz CT molecular complexity index is 1860. The summed E-state index contributed by atoms with van der Waals surface area (Å²) < 4.78 is 68.2. The van der Waals surface area contributed by atoms with E-state index in [4.69, 9.17) is 37.0 Å². The first-order valence-corrected chi connectivity index (χ1v) is 39.2. The summed E-state index contributed by atoms with van der Waals surface area (Å²) in [5.74, 6) is 0.0232. The molecular formula is C71H134O17P2. The minimum Gasteiger partial charge on any atom is -0.462 e. The van der Waals surface area contributed by atoms with E-state index in [1.54, 1.807) is 0 Å². The first-order valence-electron chi connectivity index (χ1n) is 36.2. The molecule has 6 atom stereocenters. The lowest BCUT2D eigenvalue weighted by molar-refractivity contribution is -0.161. The molecule has 0 aliphatic rings. The van der Waals surface area contributed by atoms with E-state index in [1.807, 2.05) is 0 Å². The fraction of sp³-hybridized carbons (Fsp3) is 0.887. The third-order valence-electron chi connectivity index (χ3n) is 16.1. The minimum absolute atomic E-state index is 0.0834. The quantitative estimate of drug-likeness (QED) is 0.0169. The lowest BCUT2D eigenvalue weighted by Gasteiger charge is -2.21. The van der Waals surface area contributed by atoms with Gasteiger partial charge in [0.1, 0.15) is 19.3 Å². The topological polar surface area (TPSA) is 237 Å². The van der Waals surface area contributed by atoms with Crippen LogP contribution in [0.2, 0.25) is 0 Å². The molecule has 0 saturated heterocycles. The summed E-state index contributed by atoms with van der Waals surface area (Å²) in [4.78, 5) is 72.5. The van der Waals surface area contributed by atoms with Gasteiger partial charge in [0.2, 0.25) is 0 Å². The number of aliphatic hydroxyl groups excluding tert-OH is 1. The number of hydrogen-bond donors (Lipinski definition) is 3. The summed E-state index contributed by atoms with van der Waals surface area (Å²) in [5.41, 5.74) is 0. The van der Waals surface area contributed by atoms with Crippen LogP contribution in [0.4, 0.5) is 0 Å². The van der Waals surface area contributed by atoms with Crippen molar-refractivity contribution in [1.29, 1.82) is 0 Å².